The van der Waals surface area contributed by atoms with E-state index in [0.29, 0.717) is 12.5 Å². The van der Waals surface area contributed by atoms with Crippen LogP contribution < -0.4 is 10.0 Å². The molecule has 0 amide bonds. The lowest BCUT2D eigenvalue weighted by Crippen LogP contribution is -2.46. The van der Waals surface area contributed by atoms with Gasteiger partial charge in [-0.05, 0) is 32.7 Å². The zero-order valence-electron chi connectivity index (χ0n) is 11.0. The molecule has 2 aliphatic heterocycles. The van der Waals surface area contributed by atoms with E-state index in [-0.39, 0.29) is 17.8 Å². The van der Waals surface area contributed by atoms with Gasteiger partial charge in [-0.25, -0.2) is 13.1 Å². The van der Waals surface area contributed by atoms with Gasteiger partial charge in [-0.2, -0.15) is 0 Å². The molecule has 0 aliphatic carbocycles. The van der Waals surface area contributed by atoms with Crippen molar-refractivity contribution in [3.05, 3.63) is 0 Å². The van der Waals surface area contributed by atoms with E-state index in [0.717, 1.165) is 38.8 Å². The van der Waals surface area contributed by atoms with Crippen LogP contribution in [0.4, 0.5) is 0 Å². The number of rotatable bonds is 5. The predicted molar refractivity (Wildman–Crippen MR) is 71.0 cm³/mol. The first-order valence-corrected chi connectivity index (χ1v) is 8.53. The first-order chi connectivity index (χ1) is 8.57. The van der Waals surface area contributed by atoms with Crippen molar-refractivity contribution in [2.24, 2.45) is 5.92 Å². The summed E-state index contributed by atoms with van der Waals surface area (Å²) in [7, 11) is -3.19. The summed E-state index contributed by atoms with van der Waals surface area (Å²) in [5, 5.41) is 3.27. The minimum Gasteiger partial charge on any atom is -0.381 e. The van der Waals surface area contributed by atoms with E-state index in [1.807, 2.05) is 6.92 Å². The van der Waals surface area contributed by atoms with Crippen molar-refractivity contribution in [1.29, 1.82) is 0 Å². The maximum atomic E-state index is 12.1. The minimum atomic E-state index is -3.19. The fourth-order valence-corrected chi connectivity index (χ4v) is 4.38. The van der Waals surface area contributed by atoms with Crippen molar-refractivity contribution >= 4 is 10.0 Å². The summed E-state index contributed by atoms with van der Waals surface area (Å²) < 4.78 is 32.2. The molecule has 3 unspecified atom stereocenters. The molecule has 2 heterocycles. The van der Waals surface area contributed by atoms with Gasteiger partial charge in [0.05, 0.1) is 12.4 Å². The van der Waals surface area contributed by atoms with Crippen molar-refractivity contribution in [2.45, 2.75) is 44.7 Å². The van der Waals surface area contributed by atoms with Crippen LogP contribution in [-0.2, 0) is 14.8 Å². The van der Waals surface area contributed by atoms with E-state index in [1.165, 1.54) is 0 Å². The van der Waals surface area contributed by atoms with Crippen LogP contribution in [0, 0.1) is 5.92 Å². The summed E-state index contributed by atoms with van der Waals surface area (Å²) >= 11 is 0. The number of ether oxygens (including phenoxy) is 1. The molecule has 0 aromatic rings. The minimum absolute atomic E-state index is 0.0268. The van der Waals surface area contributed by atoms with Crippen LogP contribution in [0.1, 0.15) is 32.6 Å². The molecular formula is C12H24N2O3S. The molecule has 2 saturated heterocycles. The zero-order valence-corrected chi connectivity index (χ0v) is 11.8. The van der Waals surface area contributed by atoms with E-state index in [2.05, 4.69) is 10.0 Å². The molecule has 0 spiro atoms. The molecule has 0 saturated carbocycles. The Hall–Kier alpha value is -0.170. The zero-order chi connectivity index (χ0) is 13.0. The van der Waals surface area contributed by atoms with Gasteiger partial charge in [-0.15, -0.1) is 0 Å². The Balaban J connectivity index is 1.82. The highest BCUT2D eigenvalue weighted by atomic mass is 32.2. The van der Waals surface area contributed by atoms with Gasteiger partial charge in [0.25, 0.3) is 0 Å². The van der Waals surface area contributed by atoms with E-state index < -0.39 is 10.0 Å². The smallest absolute Gasteiger partial charge is 0.213 e. The molecule has 0 radical (unpaired) electrons. The van der Waals surface area contributed by atoms with Gasteiger partial charge < -0.3 is 10.1 Å². The lowest BCUT2D eigenvalue weighted by Gasteiger charge is -2.25. The second kappa shape index (κ2) is 6.32. The summed E-state index contributed by atoms with van der Waals surface area (Å²) in [6.45, 7) is 4.30. The average Bonchev–Trinajstić information content (AvgIpc) is 2.82. The third-order valence-corrected chi connectivity index (χ3v) is 5.44. The highest BCUT2D eigenvalue weighted by molar-refractivity contribution is 7.89. The fourth-order valence-electron chi connectivity index (χ4n) is 2.71. The number of nitrogens with one attached hydrogen (secondary N) is 2. The third kappa shape index (κ3) is 4.19. The third-order valence-electron chi connectivity index (χ3n) is 3.87. The van der Waals surface area contributed by atoms with Crippen LogP contribution in [0.5, 0.6) is 0 Å². The molecule has 2 rings (SSSR count). The number of hydrogen-bond acceptors (Lipinski definition) is 4. The molecule has 106 valence electrons. The van der Waals surface area contributed by atoms with Crippen molar-refractivity contribution in [1.82, 2.24) is 10.0 Å². The standard InChI is InChI=1S/C12H24N2O3S/c1-10(11-5-7-17-8-11)14-18(15,16)9-12-4-2-3-6-13-12/h10-14H,2-9H2,1H3. The summed E-state index contributed by atoms with van der Waals surface area (Å²) in [5.41, 5.74) is 0. The molecule has 0 aromatic carbocycles. The second-order valence-electron chi connectivity index (χ2n) is 5.46. The predicted octanol–water partition coefficient (Wildman–Crippen LogP) is 0.473. The molecular weight excluding hydrogens is 252 g/mol. The van der Waals surface area contributed by atoms with E-state index in [1.54, 1.807) is 0 Å². The van der Waals surface area contributed by atoms with E-state index >= 15 is 0 Å². The van der Waals surface area contributed by atoms with Crippen LogP contribution in [0.2, 0.25) is 0 Å². The fraction of sp³-hybridized carbons (Fsp3) is 1.00. The maximum Gasteiger partial charge on any atom is 0.213 e. The summed E-state index contributed by atoms with van der Waals surface area (Å²) in [6, 6.07) is 0.0874. The largest absolute Gasteiger partial charge is 0.381 e. The average molecular weight is 276 g/mol. The van der Waals surface area contributed by atoms with E-state index in [4.69, 9.17) is 4.74 Å². The summed E-state index contributed by atoms with van der Waals surface area (Å²) in [4.78, 5) is 0. The highest BCUT2D eigenvalue weighted by Crippen LogP contribution is 2.17. The van der Waals surface area contributed by atoms with Gasteiger partial charge >= 0.3 is 0 Å². The molecule has 0 aromatic heterocycles. The number of sulfonamides is 1. The van der Waals surface area contributed by atoms with Gasteiger partial charge in [0.1, 0.15) is 0 Å². The molecule has 0 bridgehead atoms. The second-order valence-corrected chi connectivity index (χ2v) is 7.26. The molecule has 5 nitrogen and oxygen atoms in total. The van der Waals surface area contributed by atoms with Crippen LogP contribution in [-0.4, -0.2) is 46.0 Å². The Morgan fingerprint density at radius 3 is 2.83 bits per heavy atom. The Labute approximate surface area is 110 Å². The highest BCUT2D eigenvalue weighted by Gasteiger charge is 2.27. The Bertz CT molecular complexity index is 346. The van der Waals surface area contributed by atoms with Crippen molar-refractivity contribution in [2.75, 3.05) is 25.5 Å². The summed E-state index contributed by atoms with van der Waals surface area (Å²) in [6.07, 6.45) is 4.19. The van der Waals surface area contributed by atoms with Gasteiger partial charge in [-0.3, -0.25) is 0 Å². The normalized spacial score (nSPS) is 31.4. The molecule has 3 atom stereocenters. The van der Waals surface area contributed by atoms with E-state index in [9.17, 15) is 8.42 Å². The number of piperidine rings is 1. The first-order valence-electron chi connectivity index (χ1n) is 6.88. The quantitative estimate of drug-likeness (QED) is 0.766. The monoisotopic (exact) mass is 276 g/mol. The van der Waals surface area contributed by atoms with Crippen LogP contribution in [0.25, 0.3) is 0 Å². The molecule has 2 N–H and O–H groups in total. The van der Waals surface area contributed by atoms with Crippen LogP contribution in [0.15, 0.2) is 0 Å². The van der Waals surface area contributed by atoms with Crippen molar-refractivity contribution < 1.29 is 13.2 Å². The molecule has 2 aliphatic rings. The van der Waals surface area contributed by atoms with Crippen molar-refractivity contribution in [3.63, 3.8) is 0 Å². The number of hydrogen-bond donors (Lipinski definition) is 2. The lowest BCUT2D eigenvalue weighted by molar-refractivity contribution is 0.180. The van der Waals surface area contributed by atoms with Crippen molar-refractivity contribution in [3.8, 4) is 0 Å². The SMILES string of the molecule is CC(NS(=O)(=O)CC1CCCCN1)C1CCOC1. The first kappa shape index (κ1) is 14.2. The maximum absolute atomic E-state index is 12.1. The van der Waals surface area contributed by atoms with Gasteiger partial charge in [-0.1, -0.05) is 6.42 Å². The van der Waals surface area contributed by atoms with Gasteiger partial charge in [0.2, 0.25) is 10.0 Å². The van der Waals surface area contributed by atoms with Gasteiger partial charge in [0.15, 0.2) is 0 Å². The topological polar surface area (TPSA) is 67.4 Å². The van der Waals surface area contributed by atoms with Gasteiger partial charge in [0, 0.05) is 24.6 Å². The molecule has 6 heteroatoms. The van der Waals surface area contributed by atoms with Crippen LogP contribution in [0.3, 0.4) is 0 Å². The Morgan fingerprint density at radius 2 is 2.22 bits per heavy atom. The Morgan fingerprint density at radius 1 is 1.39 bits per heavy atom. The molecule has 18 heavy (non-hydrogen) atoms. The van der Waals surface area contributed by atoms with Crippen LogP contribution >= 0.6 is 0 Å². The summed E-state index contributed by atoms with van der Waals surface area (Å²) in [5.74, 6) is 0.518. The lowest BCUT2D eigenvalue weighted by atomic mass is 10.0. The Kier molecular flexibility index (Phi) is 5.00. The molecule has 2 fully saturated rings.